The van der Waals surface area contributed by atoms with Crippen LogP contribution in [0.5, 0.6) is 0 Å². The molecule has 0 amide bonds. The van der Waals surface area contributed by atoms with Crippen LogP contribution in [0.3, 0.4) is 0 Å². The van der Waals surface area contributed by atoms with Crippen molar-refractivity contribution in [2.45, 2.75) is 59.0 Å². The van der Waals surface area contributed by atoms with Crippen LogP contribution in [0.1, 0.15) is 47.0 Å². The number of piperazine rings is 1. The van der Waals surface area contributed by atoms with Crippen LogP contribution in [0.25, 0.3) is 0 Å². The van der Waals surface area contributed by atoms with Gasteiger partial charge in [0.25, 0.3) is 0 Å². The van der Waals surface area contributed by atoms with Crippen molar-refractivity contribution >= 4 is 0 Å². The van der Waals surface area contributed by atoms with Gasteiger partial charge in [-0.1, -0.05) is 27.7 Å². The third-order valence-corrected chi connectivity index (χ3v) is 5.51. The average Bonchev–Trinajstić information content (AvgIpc) is 2.39. The lowest BCUT2D eigenvalue weighted by molar-refractivity contribution is 0.0323. The van der Waals surface area contributed by atoms with Gasteiger partial charge >= 0.3 is 0 Å². The molecule has 1 N–H and O–H groups in total. The van der Waals surface area contributed by atoms with Gasteiger partial charge in [-0.05, 0) is 44.2 Å². The molecule has 118 valence electrons. The van der Waals surface area contributed by atoms with E-state index in [2.05, 4.69) is 49.9 Å². The Hall–Kier alpha value is -0.120. The Kier molecular flexibility index (Phi) is 5.49. The molecular weight excluding hydrogens is 246 g/mol. The van der Waals surface area contributed by atoms with E-state index in [9.17, 15) is 0 Å². The van der Waals surface area contributed by atoms with Crippen LogP contribution in [-0.2, 0) is 0 Å². The van der Waals surface area contributed by atoms with Crippen LogP contribution in [0, 0.1) is 11.3 Å². The Morgan fingerprint density at radius 1 is 1.05 bits per heavy atom. The fourth-order valence-corrected chi connectivity index (χ4v) is 3.99. The van der Waals surface area contributed by atoms with Crippen molar-refractivity contribution in [1.82, 2.24) is 15.1 Å². The number of likely N-dealkylation sites (N-methyl/N-ethyl adjacent to an activating group) is 2. The number of hydrogen-bond donors (Lipinski definition) is 1. The quantitative estimate of drug-likeness (QED) is 0.857. The van der Waals surface area contributed by atoms with Crippen LogP contribution in [-0.4, -0.2) is 61.7 Å². The first-order valence-electron chi connectivity index (χ1n) is 8.57. The van der Waals surface area contributed by atoms with Crippen LogP contribution >= 0.6 is 0 Å². The summed E-state index contributed by atoms with van der Waals surface area (Å²) in [5, 5.41) is 3.76. The molecule has 1 aliphatic carbocycles. The van der Waals surface area contributed by atoms with Crippen molar-refractivity contribution in [3.8, 4) is 0 Å². The Bertz CT molecular complexity index is 289. The molecule has 0 radical (unpaired) electrons. The van der Waals surface area contributed by atoms with Gasteiger partial charge in [0.2, 0.25) is 0 Å². The lowest BCUT2D eigenvalue weighted by atomic mass is 9.69. The lowest BCUT2D eigenvalue weighted by Gasteiger charge is -2.48. The molecule has 0 aromatic heterocycles. The summed E-state index contributed by atoms with van der Waals surface area (Å²) in [4.78, 5) is 5.23. The molecule has 1 saturated carbocycles. The minimum atomic E-state index is 0.460. The first-order chi connectivity index (χ1) is 9.41. The van der Waals surface area contributed by atoms with Gasteiger partial charge in [0, 0.05) is 38.3 Å². The second kappa shape index (κ2) is 6.76. The number of nitrogens with one attached hydrogen (secondary N) is 1. The van der Waals surface area contributed by atoms with Crippen LogP contribution in [0.4, 0.5) is 0 Å². The van der Waals surface area contributed by atoms with Crippen LogP contribution in [0.2, 0.25) is 0 Å². The first kappa shape index (κ1) is 16.3. The van der Waals surface area contributed by atoms with Gasteiger partial charge in [-0.2, -0.15) is 0 Å². The number of rotatable bonds is 3. The van der Waals surface area contributed by atoms with Crippen LogP contribution in [0.15, 0.2) is 0 Å². The highest BCUT2D eigenvalue weighted by atomic mass is 15.3. The normalized spacial score (nSPS) is 34.4. The van der Waals surface area contributed by atoms with Crippen molar-refractivity contribution < 1.29 is 0 Å². The standard InChI is InChI=1S/C17H35N3/c1-6-18-15-8-7-14(17(2,3)4)13-16(15)20-11-9-19(5)10-12-20/h14-16,18H,6-13H2,1-5H3. The van der Waals surface area contributed by atoms with E-state index in [0.717, 1.165) is 18.5 Å². The minimum absolute atomic E-state index is 0.460. The summed E-state index contributed by atoms with van der Waals surface area (Å²) in [7, 11) is 2.25. The molecule has 1 heterocycles. The summed E-state index contributed by atoms with van der Waals surface area (Å²) in [6.45, 7) is 15.6. The highest BCUT2D eigenvalue weighted by Gasteiger charge is 2.38. The van der Waals surface area contributed by atoms with Gasteiger partial charge in [-0.25, -0.2) is 0 Å². The Labute approximate surface area is 126 Å². The van der Waals surface area contributed by atoms with Gasteiger partial charge in [0.05, 0.1) is 0 Å². The summed E-state index contributed by atoms with van der Waals surface area (Å²) >= 11 is 0. The molecule has 2 rings (SSSR count). The molecule has 3 heteroatoms. The van der Waals surface area contributed by atoms with Crippen molar-refractivity contribution in [2.75, 3.05) is 39.8 Å². The molecule has 3 unspecified atom stereocenters. The lowest BCUT2D eigenvalue weighted by Crippen LogP contribution is -2.58. The van der Waals surface area contributed by atoms with Crippen molar-refractivity contribution in [2.24, 2.45) is 11.3 Å². The van der Waals surface area contributed by atoms with E-state index in [1.165, 1.54) is 45.4 Å². The zero-order valence-electron chi connectivity index (χ0n) is 14.3. The highest BCUT2D eigenvalue weighted by molar-refractivity contribution is 4.95. The van der Waals surface area contributed by atoms with E-state index in [4.69, 9.17) is 0 Å². The zero-order chi connectivity index (χ0) is 14.8. The molecule has 0 aromatic rings. The smallest absolute Gasteiger partial charge is 0.0253 e. The van der Waals surface area contributed by atoms with Crippen molar-refractivity contribution in [1.29, 1.82) is 0 Å². The molecule has 0 aromatic carbocycles. The zero-order valence-corrected chi connectivity index (χ0v) is 14.3. The van der Waals surface area contributed by atoms with Gasteiger partial charge in [0.1, 0.15) is 0 Å². The third kappa shape index (κ3) is 3.96. The Morgan fingerprint density at radius 2 is 1.70 bits per heavy atom. The van der Waals surface area contributed by atoms with E-state index in [-0.39, 0.29) is 0 Å². The van der Waals surface area contributed by atoms with Gasteiger partial charge in [-0.15, -0.1) is 0 Å². The maximum Gasteiger partial charge on any atom is 0.0253 e. The van der Waals surface area contributed by atoms with Gasteiger partial charge in [-0.3, -0.25) is 4.90 Å². The summed E-state index contributed by atoms with van der Waals surface area (Å²) in [6, 6.07) is 1.46. The predicted molar refractivity (Wildman–Crippen MR) is 87.1 cm³/mol. The highest BCUT2D eigenvalue weighted by Crippen LogP contribution is 2.39. The SMILES string of the molecule is CCNC1CCC(C(C)(C)C)CC1N1CCN(C)CC1. The first-order valence-corrected chi connectivity index (χ1v) is 8.57. The molecule has 2 aliphatic rings. The molecule has 3 nitrogen and oxygen atoms in total. The summed E-state index contributed by atoms with van der Waals surface area (Å²) in [5.74, 6) is 0.877. The maximum absolute atomic E-state index is 3.76. The molecule has 2 fully saturated rings. The van der Waals surface area contributed by atoms with Crippen molar-refractivity contribution in [3.63, 3.8) is 0 Å². The fourth-order valence-electron chi connectivity index (χ4n) is 3.99. The van der Waals surface area contributed by atoms with Crippen LogP contribution < -0.4 is 5.32 Å². The van der Waals surface area contributed by atoms with E-state index in [0.29, 0.717) is 11.5 Å². The van der Waals surface area contributed by atoms with Crippen molar-refractivity contribution in [3.05, 3.63) is 0 Å². The van der Waals surface area contributed by atoms with E-state index in [1.54, 1.807) is 0 Å². The molecule has 0 spiro atoms. The topological polar surface area (TPSA) is 18.5 Å². The average molecular weight is 281 g/mol. The minimum Gasteiger partial charge on any atom is -0.313 e. The number of hydrogen-bond acceptors (Lipinski definition) is 3. The van der Waals surface area contributed by atoms with Gasteiger partial charge < -0.3 is 10.2 Å². The summed E-state index contributed by atoms with van der Waals surface area (Å²) in [5.41, 5.74) is 0.460. The summed E-state index contributed by atoms with van der Waals surface area (Å²) in [6.07, 6.45) is 4.13. The Balaban J connectivity index is 2.02. The van der Waals surface area contributed by atoms with Gasteiger partial charge in [0.15, 0.2) is 0 Å². The fraction of sp³-hybridized carbons (Fsp3) is 1.00. The Morgan fingerprint density at radius 3 is 2.25 bits per heavy atom. The molecule has 20 heavy (non-hydrogen) atoms. The largest absolute Gasteiger partial charge is 0.313 e. The second-order valence-electron chi connectivity index (χ2n) is 7.95. The number of nitrogens with zero attached hydrogens (tertiary/aromatic N) is 2. The van der Waals surface area contributed by atoms with E-state index >= 15 is 0 Å². The maximum atomic E-state index is 3.76. The third-order valence-electron chi connectivity index (χ3n) is 5.51. The molecule has 0 bridgehead atoms. The monoisotopic (exact) mass is 281 g/mol. The molecule has 1 saturated heterocycles. The summed E-state index contributed by atoms with van der Waals surface area (Å²) < 4.78 is 0. The predicted octanol–water partition coefficient (Wildman–Crippen LogP) is 2.43. The molecular formula is C17H35N3. The molecule has 3 atom stereocenters. The van der Waals surface area contributed by atoms with E-state index < -0.39 is 0 Å². The second-order valence-corrected chi connectivity index (χ2v) is 7.95. The molecule has 1 aliphatic heterocycles. The van der Waals surface area contributed by atoms with E-state index in [1.807, 2.05) is 0 Å².